The highest BCUT2D eigenvalue weighted by Crippen LogP contribution is 2.20. The first-order valence-electron chi connectivity index (χ1n) is 3.44. The Kier molecular flexibility index (Phi) is 0.969. The van der Waals surface area contributed by atoms with Crippen LogP contribution in [0.3, 0.4) is 0 Å². The Balaban J connectivity index is 2.94. The van der Waals surface area contributed by atoms with Gasteiger partial charge in [0.1, 0.15) is 6.33 Å². The van der Waals surface area contributed by atoms with Crippen LogP contribution in [0.5, 0.6) is 0 Å². The molecule has 0 saturated heterocycles. The SMILES string of the molecule is [2H]c1ncnc2c(C)csc12. The smallest absolute Gasteiger partial charge is 0.116 e. The van der Waals surface area contributed by atoms with Gasteiger partial charge in [0.25, 0.3) is 0 Å². The van der Waals surface area contributed by atoms with Crippen molar-refractivity contribution in [2.24, 2.45) is 0 Å². The molecule has 2 heterocycles. The van der Waals surface area contributed by atoms with Crippen molar-refractivity contribution in [2.45, 2.75) is 6.92 Å². The van der Waals surface area contributed by atoms with Crippen molar-refractivity contribution < 1.29 is 1.37 Å². The number of thiophene rings is 1. The molecule has 2 aromatic rings. The molecule has 50 valence electrons. The van der Waals surface area contributed by atoms with Gasteiger partial charge in [-0.1, -0.05) is 0 Å². The Morgan fingerprint density at radius 2 is 2.60 bits per heavy atom. The molecule has 10 heavy (non-hydrogen) atoms. The summed E-state index contributed by atoms with van der Waals surface area (Å²) in [5.74, 6) is 0. The molecule has 0 amide bonds. The number of aryl methyl sites for hydroxylation is 1. The molecule has 0 aliphatic heterocycles. The third kappa shape index (κ3) is 0.708. The van der Waals surface area contributed by atoms with Gasteiger partial charge in [-0.2, -0.15) is 0 Å². The quantitative estimate of drug-likeness (QED) is 0.575. The Labute approximate surface area is 64.0 Å². The number of fused-ring (bicyclic) bond motifs is 1. The monoisotopic (exact) mass is 151 g/mol. The molecule has 0 bridgehead atoms. The molecule has 2 rings (SSSR count). The molecular formula is C7H6N2S. The minimum absolute atomic E-state index is 0.327. The zero-order valence-electron chi connectivity index (χ0n) is 6.46. The molecule has 0 unspecified atom stereocenters. The Bertz CT molecular complexity index is 396. The number of rotatable bonds is 0. The topological polar surface area (TPSA) is 25.8 Å². The first kappa shape index (κ1) is 4.79. The first-order chi connectivity index (χ1) is 5.29. The van der Waals surface area contributed by atoms with Crippen molar-refractivity contribution in [3.63, 3.8) is 0 Å². The van der Waals surface area contributed by atoms with Gasteiger partial charge in [0.2, 0.25) is 0 Å². The normalized spacial score (nSPS) is 11.9. The van der Waals surface area contributed by atoms with Crippen LogP contribution in [0, 0.1) is 6.92 Å². The van der Waals surface area contributed by atoms with Crippen molar-refractivity contribution >= 4 is 21.6 Å². The fourth-order valence-electron chi connectivity index (χ4n) is 0.852. The molecule has 0 aliphatic rings. The van der Waals surface area contributed by atoms with Gasteiger partial charge in [-0.15, -0.1) is 11.3 Å². The summed E-state index contributed by atoms with van der Waals surface area (Å²) in [6, 6.07) is 0. The minimum Gasteiger partial charge on any atom is -0.243 e. The van der Waals surface area contributed by atoms with E-state index in [1.807, 2.05) is 12.3 Å². The van der Waals surface area contributed by atoms with Gasteiger partial charge in [-0.25, -0.2) is 9.97 Å². The van der Waals surface area contributed by atoms with E-state index in [-0.39, 0.29) is 0 Å². The van der Waals surface area contributed by atoms with E-state index in [0.717, 1.165) is 15.8 Å². The maximum atomic E-state index is 7.44. The second kappa shape index (κ2) is 2.02. The molecule has 0 saturated carbocycles. The van der Waals surface area contributed by atoms with Crippen molar-refractivity contribution in [1.29, 1.82) is 0 Å². The summed E-state index contributed by atoms with van der Waals surface area (Å²) in [6.07, 6.45) is 1.76. The average molecular weight is 151 g/mol. The van der Waals surface area contributed by atoms with E-state index in [1.54, 1.807) is 0 Å². The third-order valence-corrected chi connectivity index (χ3v) is 2.34. The van der Waals surface area contributed by atoms with Crippen LogP contribution in [0.2, 0.25) is 0 Å². The van der Waals surface area contributed by atoms with Crippen LogP contribution >= 0.6 is 11.3 Å². The highest BCUT2D eigenvalue weighted by molar-refractivity contribution is 7.17. The summed E-state index contributed by atoms with van der Waals surface area (Å²) in [5, 5.41) is 2.00. The van der Waals surface area contributed by atoms with Gasteiger partial charge in [0.15, 0.2) is 0 Å². The lowest BCUT2D eigenvalue weighted by atomic mass is 10.3. The van der Waals surface area contributed by atoms with Gasteiger partial charge in [0.05, 0.1) is 11.6 Å². The van der Waals surface area contributed by atoms with Crippen molar-refractivity contribution in [3.05, 3.63) is 23.4 Å². The maximum absolute atomic E-state index is 7.44. The van der Waals surface area contributed by atoms with E-state index in [4.69, 9.17) is 1.37 Å². The van der Waals surface area contributed by atoms with Crippen molar-refractivity contribution in [3.8, 4) is 0 Å². The Morgan fingerprint density at radius 1 is 1.70 bits per heavy atom. The zero-order valence-corrected chi connectivity index (χ0v) is 6.27. The summed E-state index contributed by atoms with van der Waals surface area (Å²) in [4.78, 5) is 7.87. The number of aromatic nitrogens is 2. The molecule has 0 atom stereocenters. The number of hydrogen-bond donors (Lipinski definition) is 0. The van der Waals surface area contributed by atoms with E-state index < -0.39 is 0 Å². The summed E-state index contributed by atoms with van der Waals surface area (Å²) in [6.45, 7) is 1.99. The summed E-state index contributed by atoms with van der Waals surface area (Å²) < 4.78 is 8.32. The molecule has 2 aromatic heterocycles. The summed E-state index contributed by atoms with van der Waals surface area (Å²) >= 11 is 1.53. The van der Waals surface area contributed by atoms with E-state index in [1.165, 1.54) is 17.7 Å². The third-order valence-electron chi connectivity index (χ3n) is 1.35. The first-order valence-corrected chi connectivity index (χ1v) is 3.82. The molecule has 2 nitrogen and oxygen atoms in total. The maximum Gasteiger partial charge on any atom is 0.116 e. The van der Waals surface area contributed by atoms with E-state index >= 15 is 0 Å². The van der Waals surface area contributed by atoms with Crippen LogP contribution in [-0.2, 0) is 0 Å². The number of nitrogens with zero attached hydrogens (tertiary/aromatic N) is 2. The largest absolute Gasteiger partial charge is 0.243 e. The van der Waals surface area contributed by atoms with Crippen LogP contribution in [0.1, 0.15) is 6.93 Å². The second-order valence-corrected chi connectivity index (χ2v) is 2.96. The van der Waals surface area contributed by atoms with Crippen LogP contribution < -0.4 is 0 Å². The molecular weight excluding hydrogens is 144 g/mol. The fourth-order valence-corrected chi connectivity index (χ4v) is 1.69. The Hall–Kier alpha value is -0.960. The van der Waals surface area contributed by atoms with E-state index in [0.29, 0.717) is 6.17 Å². The predicted molar refractivity (Wildman–Crippen MR) is 42.2 cm³/mol. The van der Waals surface area contributed by atoms with Crippen LogP contribution in [-0.4, -0.2) is 9.97 Å². The van der Waals surface area contributed by atoms with Gasteiger partial charge in [0, 0.05) is 6.17 Å². The summed E-state index contributed by atoms with van der Waals surface area (Å²) in [5.41, 5.74) is 2.04. The standard InChI is InChI=1S/C7H6N2S/c1-5-3-10-6-2-8-4-9-7(5)6/h2-4H,1H3/i2D. The van der Waals surface area contributed by atoms with Gasteiger partial charge in [-0.3, -0.25) is 0 Å². The highest BCUT2D eigenvalue weighted by atomic mass is 32.1. The summed E-state index contributed by atoms with van der Waals surface area (Å²) in [7, 11) is 0. The van der Waals surface area contributed by atoms with Gasteiger partial charge < -0.3 is 0 Å². The van der Waals surface area contributed by atoms with E-state index in [2.05, 4.69) is 9.97 Å². The van der Waals surface area contributed by atoms with Gasteiger partial charge >= 0.3 is 0 Å². The molecule has 3 heteroatoms. The predicted octanol–water partition coefficient (Wildman–Crippen LogP) is 2.00. The highest BCUT2D eigenvalue weighted by Gasteiger charge is 1.97. The average Bonchev–Trinajstić information content (AvgIpc) is 2.35. The van der Waals surface area contributed by atoms with Crippen LogP contribution in [0.4, 0.5) is 0 Å². The molecule has 0 aromatic carbocycles. The van der Waals surface area contributed by atoms with Crippen molar-refractivity contribution in [2.75, 3.05) is 0 Å². The van der Waals surface area contributed by atoms with Crippen molar-refractivity contribution in [1.82, 2.24) is 9.97 Å². The minimum atomic E-state index is 0.327. The second-order valence-electron chi connectivity index (χ2n) is 2.08. The molecule has 0 radical (unpaired) electrons. The van der Waals surface area contributed by atoms with E-state index in [9.17, 15) is 0 Å². The number of hydrogen-bond acceptors (Lipinski definition) is 3. The van der Waals surface area contributed by atoms with Crippen LogP contribution in [0.25, 0.3) is 10.2 Å². The van der Waals surface area contributed by atoms with Gasteiger partial charge in [-0.05, 0) is 17.9 Å². The van der Waals surface area contributed by atoms with Crippen LogP contribution in [0.15, 0.2) is 17.9 Å². The molecule has 0 spiro atoms. The Morgan fingerprint density at radius 3 is 3.40 bits per heavy atom. The fraction of sp³-hybridized carbons (Fsp3) is 0.143. The lowest BCUT2D eigenvalue weighted by Gasteiger charge is -1.85. The molecule has 0 N–H and O–H groups in total. The lowest BCUT2D eigenvalue weighted by Crippen LogP contribution is -1.75. The lowest BCUT2D eigenvalue weighted by molar-refractivity contribution is 1.22. The zero-order chi connectivity index (χ0) is 7.84. The molecule has 0 aliphatic carbocycles. The molecule has 0 fully saturated rings.